The average Bonchev–Trinajstić information content (AvgIpc) is 2.97. The van der Waals surface area contributed by atoms with Crippen LogP contribution in [0.15, 0.2) is 24.3 Å². The summed E-state index contributed by atoms with van der Waals surface area (Å²) >= 11 is 0. The molecule has 4 atom stereocenters. The van der Waals surface area contributed by atoms with Gasteiger partial charge in [0, 0.05) is 53.0 Å². The van der Waals surface area contributed by atoms with Gasteiger partial charge in [0.25, 0.3) is 11.8 Å². The van der Waals surface area contributed by atoms with Crippen LogP contribution in [0.5, 0.6) is 5.75 Å². The number of nitrogens with two attached hydrogens (primary N) is 1. The van der Waals surface area contributed by atoms with Crippen molar-refractivity contribution in [3.8, 4) is 5.75 Å². The van der Waals surface area contributed by atoms with Gasteiger partial charge in [0.05, 0.1) is 18.3 Å². The van der Waals surface area contributed by atoms with Crippen LogP contribution in [0.25, 0.3) is 0 Å². The van der Waals surface area contributed by atoms with E-state index in [0.717, 1.165) is 45.2 Å². The number of ether oxygens (including phenoxy) is 3. The molecule has 0 aromatic heterocycles. The number of piperidine rings is 1. The number of benzene rings is 1. The number of unbranched alkanes of at least 4 members (excludes halogenated alkanes) is 1. The van der Waals surface area contributed by atoms with E-state index in [9.17, 15) is 14.7 Å². The van der Waals surface area contributed by atoms with E-state index < -0.39 is 17.9 Å². The van der Waals surface area contributed by atoms with Gasteiger partial charge in [-0.25, -0.2) is 0 Å². The zero-order valence-electron chi connectivity index (χ0n) is 25.1. The minimum Gasteiger partial charge on any atom is -0.493 e. The molecule has 4 unspecified atom stereocenters. The molecule has 0 bridgehead atoms. The summed E-state index contributed by atoms with van der Waals surface area (Å²) in [6.07, 6.45) is 4.49. The van der Waals surface area contributed by atoms with E-state index >= 15 is 0 Å². The zero-order chi connectivity index (χ0) is 29.5. The van der Waals surface area contributed by atoms with Crippen LogP contribution in [0.1, 0.15) is 69.7 Å². The molecule has 1 heterocycles. The molecule has 1 aromatic rings. The maximum absolute atomic E-state index is 13.0. The Kier molecular flexibility index (Phi) is 14.9. The maximum Gasteiger partial charge on any atom is 0.267 e. The van der Waals surface area contributed by atoms with Gasteiger partial charge in [0.15, 0.2) is 5.72 Å². The van der Waals surface area contributed by atoms with E-state index in [1.807, 2.05) is 17.0 Å². The standard InChI is InChI=1S/C30H52N4O6/c1-22(2)23(20-32-28(36)24-13-7-8-14-27(24)40-18-12-11-17-38-4)19-25(31)26(35)21-33-29(37)30(3,39-5)34-15-9-6-10-16-34/h7-8,13-14,22-23,25-26,35H,6,9-12,15-21,31H2,1-5H3,(H,32,36)(H,33,37). The summed E-state index contributed by atoms with van der Waals surface area (Å²) < 4.78 is 16.5. The van der Waals surface area contributed by atoms with Crippen LogP contribution < -0.4 is 21.1 Å². The molecule has 2 amide bonds. The molecule has 1 aliphatic heterocycles. The van der Waals surface area contributed by atoms with Gasteiger partial charge < -0.3 is 35.7 Å². The van der Waals surface area contributed by atoms with Crippen molar-refractivity contribution in [1.29, 1.82) is 0 Å². The first kappa shape index (κ1) is 34.0. The van der Waals surface area contributed by atoms with Crippen LogP contribution in [-0.4, -0.2) is 93.3 Å². The molecule has 1 saturated heterocycles. The van der Waals surface area contributed by atoms with Crippen LogP contribution in [0.4, 0.5) is 0 Å². The number of likely N-dealkylation sites (tertiary alicyclic amines) is 1. The Morgan fingerprint density at radius 2 is 1.73 bits per heavy atom. The summed E-state index contributed by atoms with van der Waals surface area (Å²) in [5.74, 6) is 0.306. The molecule has 0 radical (unpaired) electrons. The second kappa shape index (κ2) is 17.5. The highest BCUT2D eigenvalue weighted by atomic mass is 16.5. The monoisotopic (exact) mass is 564 g/mol. The largest absolute Gasteiger partial charge is 0.493 e. The normalized spacial score (nSPS) is 18.0. The van der Waals surface area contributed by atoms with Crippen molar-refractivity contribution in [2.75, 3.05) is 53.6 Å². The number of hydrogen-bond acceptors (Lipinski definition) is 8. The number of carbonyl (C=O) groups excluding carboxylic acids is 2. The van der Waals surface area contributed by atoms with E-state index in [1.165, 1.54) is 7.11 Å². The van der Waals surface area contributed by atoms with Gasteiger partial charge in [-0.05, 0) is 63.0 Å². The third kappa shape index (κ3) is 10.3. The first-order valence-corrected chi connectivity index (χ1v) is 14.6. The molecular formula is C30H52N4O6. The van der Waals surface area contributed by atoms with Gasteiger partial charge in [0.1, 0.15) is 5.75 Å². The van der Waals surface area contributed by atoms with E-state index in [-0.39, 0.29) is 30.2 Å². The lowest BCUT2D eigenvalue weighted by atomic mass is 9.87. The van der Waals surface area contributed by atoms with E-state index in [1.54, 1.807) is 26.2 Å². The first-order valence-electron chi connectivity index (χ1n) is 14.6. The molecule has 1 fully saturated rings. The van der Waals surface area contributed by atoms with Crippen LogP contribution in [0.2, 0.25) is 0 Å². The number of aliphatic hydroxyl groups excluding tert-OH is 1. The van der Waals surface area contributed by atoms with Crippen molar-refractivity contribution in [3.05, 3.63) is 29.8 Å². The number of hydrogen-bond donors (Lipinski definition) is 4. The molecule has 5 N–H and O–H groups in total. The highest BCUT2D eigenvalue weighted by Crippen LogP contribution is 2.23. The van der Waals surface area contributed by atoms with Crippen molar-refractivity contribution in [3.63, 3.8) is 0 Å². The summed E-state index contributed by atoms with van der Waals surface area (Å²) in [4.78, 5) is 28.1. The third-order valence-electron chi connectivity index (χ3n) is 7.92. The summed E-state index contributed by atoms with van der Waals surface area (Å²) in [5, 5.41) is 16.6. The Labute approximate surface area is 240 Å². The predicted molar refractivity (Wildman–Crippen MR) is 156 cm³/mol. The lowest BCUT2D eigenvalue weighted by Crippen LogP contribution is -2.60. The minimum atomic E-state index is -1.08. The number of para-hydroxylation sites is 1. The van der Waals surface area contributed by atoms with E-state index in [2.05, 4.69) is 24.5 Å². The summed E-state index contributed by atoms with van der Waals surface area (Å²) in [7, 11) is 3.20. The number of amides is 2. The molecule has 1 aliphatic rings. The predicted octanol–water partition coefficient (Wildman–Crippen LogP) is 2.54. The van der Waals surface area contributed by atoms with Crippen molar-refractivity contribution in [2.45, 2.75) is 77.2 Å². The molecule has 10 nitrogen and oxygen atoms in total. The SMILES string of the molecule is COCCCCOc1ccccc1C(=O)NCC(CC(N)C(O)CNC(=O)C(C)(OC)N1CCCCC1)C(C)C. The molecule has 10 heteroatoms. The lowest BCUT2D eigenvalue weighted by Gasteiger charge is -2.41. The second-order valence-electron chi connectivity index (χ2n) is 11.2. The van der Waals surface area contributed by atoms with Gasteiger partial charge in [-0.3, -0.25) is 14.5 Å². The average molecular weight is 565 g/mol. The Morgan fingerprint density at radius 3 is 2.38 bits per heavy atom. The minimum absolute atomic E-state index is 0.0268. The molecule has 1 aromatic carbocycles. The Bertz CT molecular complexity index is 895. The van der Waals surface area contributed by atoms with Crippen molar-refractivity contribution >= 4 is 11.8 Å². The maximum atomic E-state index is 13.0. The van der Waals surface area contributed by atoms with Gasteiger partial charge >= 0.3 is 0 Å². The lowest BCUT2D eigenvalue weighted by molar-refractivity contribution is -0.170. The molecule has 0 spiro atoms. The van der Waals surface area contributed by atoms with Crippen LogP contribution in [-0.2, 0) is 14.3 Å². The summed E-state index contributed by atoms with van der Waals surface area (Å²) in [5.41, 5.74) is 5.77. The summed E-state index contributed by atoms with van der Waals surface area (Å²) in [6.45, 7) is 9.11. The Balaban J connectivity index is 1.88. The number of nitrogens with one attached hydrogen (secondary N) is 2. The smallest absolute Gasteiger partial charge is 0.267 e. The van der Waals surface area contributed by atoms with Crippen molar-refractivity contribution < 1.29 is 28.9 Å². The number of nitrogens with zero attached hydrogens (tertiary/aromatic N) is 1. The quantitative estimate of drug-likeness (QED) is 0.200. The van der Waals surface area contributed by atoms with Gasteiger partial charge in [-0.15, -0.1) is 0 Å². The van der Waals surface area contributed by atoms with Crippen molar-refractivity contribution in [2.24, 2.45) is 17.6 Å². The summed E-state index contributed by atoms with van der Waals surface area (Å²) in [6, 6.07) is 6.63. The third-order valence-corrected chi connectivity index (χ3v) is 7.92. The number of aliphatic hydroxyl groups is 1. The van der Waals surface area contributed by atoms with E-state index in [4.69, 9.17) is 19.9 Å². The second-order valence-corrected chi connectivity index (χ2v) is 11.2. The molecule has 2 rings (SSSR count). The van der Waals surface area contributed by atoms with Gasteiger partial charge in [-0.2, -0.15) is 0 Å². The number of carbonyl (C=O) groups is 2. The van der Waals surface area contributed by atoms with Gasteiger partial charge in [-0.1, -0.05) is 32.4 Å². The fourth-order valence-electron chi connectivity index (χ4n) is 4.93. The zero-order valence-corrected chi connectivity index (χ0v) is 25.1. The van der Waals surface area contributed by atoms with Gasteiger partial charge in [0.2, 0.25) is 0 Å². The molecule has 0 saturated carbocycles. The molecular weight excluding hydrogens is 512 g/mol. The van der Waals surface area contributed by atoms with Crippen LogP contribution in [0.3, 0.4) is 0 Å². The fraction of sp³-hybridized carbons (Fsp3) is 0.733. The van der Waals surface area contributed by atoms with Crippen molar-refractivity contribution in [1.82, 2.24) is 15.5 Å². The topological polar surface area (TPSA) is 135 Å². The highest BCUT2D eigenvalue weighted by molar-refractivity contribution is 5.96. The molecule has 228 valence electrons. The first-order chi connectivity index (χ1) is 19.1. The number of rotatable bonds is 18. The Morgan fingerprint density at radius 1 is 1.05 bits per heavy atom. The van der Waals surface area contributed by atoms with Crippen LogP contribution >= 0.6 is 0 Å². The molecule has 40 heavy (non-hydrogen) atoms. The molecule has 0 aliphatic carbocycles. The highest BCUT2D eigenvalue weighted by Gasteiger charge is 2.40. The van der Waals surface area contributed by atoms with E-state index in [0.29, 0.717) is 37.5 Å². The number of methoxy groups -OCH3 is 2. The van der Waals surface area contributed by atoms with Crippen LogP contribution in [0, 0.1) is 11.8 Å². The fourth-order valence-corrected chi connectivity index (χ4v) is 4.93. The Hall–Kier alpha value is -2.24.